The van der Waals surface area contributed by atoms with Crippen molar-refractivity contribution in [3.63, 3.8) is 0 Å². The monoisotopic (exact) mass is 346 g/mol. The van der Waals surface area contributed by atoms with Crippen LogP contribution in [-0.2, 0) is 19.1 Å². The Hall–Kier alpha value is -2.63. The molecule has 0 aromatic heterocycles. The molecule has 1 aliphatic carbocycles. The highest BCUT2D eigenvalue weighted by Crippen LogP contribution is 2.29. The van der Waals surface area contributed by atoms with Gasteiger partial charge in [0.25, 0.3) is 0 Å². The zero-order chi connectivity index (χ0) is 18.2. The van der Waals surface area contributed by atoms with Crippen LogP contribution in [0.4, 0.5) is 0 Å². The lowest BCUT2D eigenvalue weighted by molar-refractivity contribution is -0.144. The molecular weight excluding hydrogens is 324 g/mol. The molecule has 0 amide bonds. The maximum atomic E-state index is 11.9. The fraction of sp³-hybridized carbons (Fsp3) is 0.421. The molecule has 1 aromatic carbocycles. The van der Waals surface area contributed by atoms with Gasteiger partial charge in [-0.3, -0.25) is 9.59 Å². The number of hydrogen-bond donors (Lipinski definition) is 0. The van der Waals surface area contributed by atoms with Crippen LogP contribution in [0.3, 0.4) is 0 Å². The molecule has 1 aromatic rings. The van der Waals surface area contributed by atoms with Crippen LogP contribution in [0.1, 0.15) is 51.5 Å². The summed E-state index contributed by atoms with van der Waals surface area (Å²) in [6.07, 6.45) is 8.09. The maximum absolute atomic E-state index is 11.9. The summed E-state index contributed by atoms with van der Waals surface area (Å²) in [6.45, 7) is 2.51. The standard InChI is InChI=1S/C19H22O6/c1-13(20)23-17-10-8-15(12-18(17)24-14(2)21)9-11-19(22)25-16-6-4-3-5-7-16/h8-12,16H,3-7H2,1-2H3/b11-9+. The van der Waals surface area contributed by atoms with E-state index in [1.54, 1.807) is 12.1 Å². The van der Waals surface area contributed by atoms with Gasteiger partial charge in [-0.2, -0.15) is 0 Å². The van der Waals surface area contributed by atoms with Crippen LogP contribution in [0.25, 0.3) is 6.08 Å². The zero-order valence-electron chi connectivity index (χ0n) is 14.4. The average molecular weight is 346 g/mol. The molecule has 0 radical (unpaired) electrons. The first-order valence-electron chi connectivity index (χ1n) is 8.33. The molecule has 1 fully saturated rings. The normalized spacial score (nSPS) is 15.0. The Balaban J connectivity index is 2.05. The van der Waals surface area contributed by atoms with E-state index in [9.17, 15) is 14.4 Å². The van der Waals surface area contributed by atoms with Gasteiger partial charge < -0.3 is 14.2 Å². The lowest BCUT2D eigenvalue weighted by Crippen LogP contribution is -2.19. The first-order valence-corrected chi connectivity index (χ1v) is 8.33. The van der Waals surface area contributed by atoms with Gasteiger partial charge in [-0.05, 0) is 49.5 Å². The molecule has 0 aliphatic heterocycles. The minimum atomic E-state index is -0.536. The first kappa shape index (κ1) is 18.7. The molecule has 0 heterocycles. The van der Waals surface area contributed by atoms with E-state index in [0.29, 0.717) is 5.56 Å². The summed E-state index contributed by atoms with van der Waals surface area (Å²) in [5.74, 6) is -1.20. The molecule has 6 heteroatoms. The second-order valence-corrected chi connectivity index (χ2v) is 5.92. The molecule has 0 unspecified atom stereocenters. The van der Waals surface area contributed by atoms with Gasteiger partial charge in [0, 0.05) is 19.9 Å². The molecule has 0 bridgehead atoms. The fourth-order valence-corrected chi connectivity index (χ4v) is 2.65. The minimum absolute atomic E-state index is 0.00569. The van der Waals surface area contributed by atoms with Crippen molar-refractivity contribution in [3.8, 4) is 11.5 Å². The smallest absolute Gasteiger partial charge is 0.331 e. The van der Waals surface area contributed by atoms with Gasteiger partial charge in [0.15, 0.2) is 11.5 Å². The van der Waals surface area contributed by atoms with Crippen molar-refractivity contribution < 1.29 is 28.6 Å². The third kappa shape index (κ3) is 6.41. The number of carbonyl (C=O) groups excluding carboxylic acids is 3. The van der Waals surface area contributed by atoms with Crippen molar-refractivity contribution in [1.29, 1.82) is 0 Å². The number of benzene rings is 1. The molecule has 0 N–H and O–H groups in total. The van der Waals surface area contributed by atoms with Crippen molar-refractivity contribution >= 4 is 24.0 Å². The number of carbonyl (C=O) groups is 3. The van der Waals surface area contributed by atoms with Crippen molar-refractivity contribution in [2.45, 2.75) is 52.1 Å². The lowest BCUT2D eigenvalue weighted by atomic mass is 9.98. The summed E-state index contributed by atoms with van der Waals surface area (Å²) in [7, 11) is 0. The van der Waals surface area contributed by atoms with E-state index < -0.39 is 17.9 Å². The van der Waals surface area contributed by atoms with E-state index in [1.807, 2.05) is 0 Å². The van der Waals surface area contributed by atoms with Gasteiger partial charge in [0.05, 0.1) is 0 Å². The molecule has 1 saturated carbocycles. The summed E-state index contributed by atoms with van der Waals surface area (Å²) < 4.78 is 15.4. The zero-order valence-corrected chi connectivity index (χ0v) is 14.4. The van der Waals surface area contributed by atoms with Crippen LogP contribution in [0, 0.1) is 0 Å². The van der Waals surface area contributed by atoms with E-state index in [4.69, 9.17) is 14.2 Å². The molecular formula is C19H22O6. The Labute approximate surface area is 146 Å². The van der Waals surface area contributed by atoms with Crippen LogP contribution >= 0.6 is 0 Å². The van der Waals surface area contributed by atoms with Crippen molar-refractivity contribution in [2.24, 2.45) is 0 Å². The Bertz CT molecular complexity index is 670. The predicted octanol–water partition coefficient (Wildman–Crippen LogP) is 3.43. The Morgan fingerprint density at radius 1 is 0.960 bits per heavy atom. The Morgan fingerprint density at radius 3 is 2.24 bits per heavy atom. The summed E-state index contributed by atoms with van der Waals surface area (Å²) in [5, 5.41) is 0. The summed E-state index contributed by atoms with van der Waals surface area (Å²) >= 11 is 0. The number of esters is 3. The second-order valence-electron chi connectivity index (χ2n) is 5.92. The van der Waals surface area contributed by atoms with E-state index in [0.717, 1.165) is 25.7 Å². The van der Waals surface area contributed by atoms with Gasteiger partial charge in [-0.25, -0.2) is 4.79 Å². The highest BCUT2D eigenvalue weighted by atomic mass is 16.6. The topological polar surface area (TPSA) is 78.9 Å². The highest BCUT2D eigenvalue weighted by Gasteiger charge is 2.16. The maximum Gasteiger partial charge on any atom is 0.331 e. The van der Waals surface area contributed by atoms with Crippen LogP contribution in [-0.4, -0.2) is 24.0 Å². The van der Waals surface area contributed by atoms with Gasteiger partial charge in [-0.15, -0.1) is 0 Å². The summed E-state index contributed by atoms with van der Waals surface area (Å²) in [5.41, 5.74) is 0.618. The number of ether oxygens (including phenoxy) is 3. The van der Waals surface area contributed by atoms with Crippen molar-refractivity contribution in [3.05, 3.63) is 29.8 Å². The lowest BCUT2D eigenvalue weighted by Gasteiger charge is -2.20. The van der Waals surface area contributed by atoms with E-state index in [1.165, 1.54) is 38.5 Å². The van der Waals surface area contributed by atoms with Gasteiger partial charge in [0.2, 0.25) is 0 Å². The highest BCUT2D eigenvalue weighted by molar-refractivity contribution is 5.87. The molecule has 6 nitrogen and oxygen atoms in total. The third-order valence-electron chi connectivity index (χ3n) is 3.72. The van der Waals surface area contributed by atoms with Crippen LogP contribution < -0.4 is 9.47 Å². The average Bonchev–Trinajstić information content (AvgIpc) is 2.55. The molecule has 2 rings (SSSR count). The van der Waals surface area contributed by atoms with Crippen LogP contribution in [0.15, 0.2) is 24.3 Å². The molecule has 134 valence electrons. The first-order chi connectivity index (χ1) is 11.9. The minimum Gasteiger partial charge on any atom is -0.459 e. The van der Waals surface area contributed by atoms with E-state index in [2.05, 4.69) is 0 Å². The SMILES string of the molecule is CC(=O)Oc1ccc(/C=C/C(=O)OC2CCCCC2)cc1OC(C)=O. The van der Waals surface area contributed by atoms with Crippen molar-refractivity contribution in [2.75, 3.05) is 0 Å². The van der Waals surface area contributed by atoms with E-state index in [-0.39, 0.29) is 17.6 Å². The fourth-order valence-electron chi connectivity index (χ4n) is 2.65. The van der Waals surface area contributed by atoms with Crippen LogP contribution in [0.2, 0.25) is 0 Å². The van der Waals surface area contributed by atoms with Gasteiger partial charge >= 0.3 is 17.9 Å². The third-order valence-corrected chi connectivity index (χ3v) is 3.72. The largest absolute Gasteiger partial charge is 0.459 e. The predicted molar refractivity (Wildman–Crippen MR) is 91.1 cm³/mol. The van der Waals surface area contributed by atoms with Crippen molar-refractivity contribution in [1.82, 2.24) is 0 Å². The molecule has 0 saturated heterocycles. The van der Waals surface area contributed by atoms with Gasteiger partial charge in [0.1, 0.15) is 6.10 Å². The Kier molecular flexibility index (Phi) is 6.74. The second kappa shape index (κ2) is 9.01. The molecule has 25 heavy (non-hydrogen) atoms. The van der Waals surface area contributed by atoms with Crippen LogP contribution in [0.5, 0.6) is 11.5 Å². The number of hydrogen-bond acceptors (Lipinski definition) is 6. The summed E-state index contributed by atoms with van der Waals surface area (Å²) in [4.78, 5) is 34.2. The quantitative estimate of drug-likeness (QED) is 0.462. The molecule has 1 aliphatic rings. The Morgan fingerprint density at radius 2 is 1.60 bits per heavy atom. The summed E-state index contributed by atoms with van der Waals surface area (Å²) in [6, 6.07) is 4.67. The van der Waals surface area contributed by atoms with E-state index >= 15 is 0 Å². The van der Waals surface area contributed by atoms with Gasteiger partial charge in [-0.1, -0.05) is 12.5 Å². The number of rotatable bonds is 5. The molecule has 0 spiro atoms. The molecule has 0 atom stereocenters.